The zero-order valence-corrected chi connectivity index (χ0v) is 27.2. The Hall–Kier alpha value is -2.18. The zero-order valence-electron chi connectivity index (χ0n) is 27.2. The van der Waals surface area contributed by atoms with E-state index in [1.54, 1.807) is 6.08 Å². The van der Waals surface area contributed by atoms with Crippen LogP contribution < -0.4 is 5.32 Å². The monoisotopic (exact) mass is 575 g/mol. The van der Waals surface area contributed by atoms with Crippen LogP contribution in [-0.4, -0.2) is 72.9 Å². The van der Waals surface area contributed by atoms with Crippen LogP contribution in [0.2, 0.25) is 0 Å². The van der Waals surface area contributed by atoms with Crippen LogP contribution in [-0.2, 0) is 9.59 Å². The average Bonchev–Trinajstić information content (AvgIpc) is 2.95. The summed E-state index contributed by atoms with van der Waals surface area (Å²) in [6, 6.07) is 0. The quantitative estimate of drug-likeness (QED) is 0.432. The maximum atomic E-state index is 13.8. The third-order valence-electron chi connectivity index (χ3n) is 13.7. The molecule has 0 bridgehead atoms. The van der Waals surface area contributed by atoms with E-state index in [2.05, 4.69) is 68.9 Å². The minimum absolute atomic E-state index is 0.0245. The molecule has 1 amide bonds. The number of fused-ring (bicyclic) bond motifs is 7. The summed E-state index contributed by atoms with van der Waals surface area (Å²) in [6.45, 7) is 20.0. The van der Waals surface area contributed by atoms with Gasteiger partial charge in [0.2, 0.25) is 11.7 Å². The normalized spacial score (nSPS) is 42.4. The van der Waals surface area contributed by atoms with Gasteiger partial charge in [0, 0.05) is 55.7 Å². The van der Waals surface area contributed by atoms with E-state index in [-0.39, 0.29) is 44.5 Å². The Bertz CT molecular complexity index is 1320. The van der Waals surface area contributed by atoms with Crippen molar-refractivity contribution in [3.8, 4) is 0 Å². The van der Waals surface area contributed by atoms with E-state index in [0.29, 0.717) is 11.5 Å². The number of aliphatic hydroxyl groups is 1. The fourth-order valence-electron chi connectivity index (χ4n) is 10.3. The number of hydrogen-bond acceptors (Lipinski definition) is 5. The number of allylic oxidation sites excluding steroid dienone is 7. The number of likely N-dealkylation sites (N-methyl/N-ethyl adjacent to an activating group) is 1. The van der Waals surface area contributed by atoms with Crippen molar-refractivity contribution in [1.82, 2.24) is 15.1 Å². The molecule has 3 saturated carbocycles. The molecule has 1 aliphatic heterocycles. The molecule has 1 heterocycles. The van der Waals surface area contributed by atoms with Crippen LogP contribution in [0.15, 0.2) is 46.3 Å². The predicted molar refractivity (Wildman–Crippen MR) is 168 cm³/mol. The summed E-state index contributed by atoms with van der Waals surface area (Å²) in [6.07, 6.45) is 13.6. The highest BCUT2D eigenvalue weighted by molar-refractivity contribution is 6.06. The smallest absolute Gasteiger partial charge is 0.225 e. The third kappa shape index (κ3) is 4.25. The number of amides is 1. The second kappa shape index (κ2) is 9.92. The van der Waals surface area contributed by atoms with Gasteiger partial charge in [-0.15, -0.1) is 0 Å². The molecule has 6 aliphatic rings. The largest absolute Gasteiger partial charge is 0.504 e. The molecular weight excluding hydrogens is 522 g/mol. The molecule has 0 aromatic heterocycles. The number of rotatable bonds is 4. The molecule has 0 aromatic carbocycles. The summed E-state index contributed by atoms with van der Waals surface area (Å²) >= 11 is 0. The molecule has 4 fully saturated rings. The lowest BCUT2D eigenvalue weighted by Gasteiger charge is -2.70. The van der Waals surface area contributed by atoms with Crippen LogP contribution in [0, 0.1) is 33.0 Å². The molecule has 5 aliphatic carbocycles. The van der Waals surface area contributed by atoms with E-state index in [4.69, 9.17) is 0 Å². The van der Waals surface area contributed by atoms with Crippen molar-refractivity contribution in [2.24, 2.45) is 33.0 Å². The van der Waals surface area contributed by atoms with Crippen LogP contribution >= 0.6 is 0 Å². The minimum Gasteiger partial charge on any atom is -0.504 e. The topological polar surface area (TPSA) is 72.9 Å². The molecule has 0 aromatic rings. The van der Waals surface area contributed by atoms with Gasteiger partial charge in [-0.2, -0.15) is 0 Å². The first-order valence-electron chi connectivity index (χ1n) is 16.5. The molecule has 0 unspecified atom stereocenters. The van der Waals surface area contributed by atoms with Crippen molar-refractivity contribution in [2.75, 3.05) is 46.3 Å². The highest BCUT2D eigenvalue weighted by atomic mass is 16.3. The van der Waals surface area contributed by atoms with Crippen LogP contribution in [0.4, 0.5) is 0 Å². The van der Waals surface area contributed by atoms with Gasteiger partial charge in [-0.05, 0) is 98.3 Å². The number of aliphatic hydroxyl groups excluding tert-OH is 1. The number of piperazine rings is 1. The Kier molecular flexibility index (Phi) is 7.05. The zero-order chi connectivity index (χ0) is 30.3. The summed E-state index contributed by atoms with van der Waals surface area (Å²) in [5.74, 6) is 0.314. The van der Waals surface area contributed by atoms with Crippen molar-refractivity contribution >= 4 is 11.7 Å². The number of carbonyl (C=O) groups is 2. The molecule has 6 rings (SSSR count). The fourth-order valence-corrected chi connectivity index (χ4v) is 10.3. The van der Waals surface area contributed by atoms with Crippen molar-refractivity contribution < 1.29 is 14.7 Å². The van der Waals surface area contributed by atoms with Crippen molar-refractivity contribution in [3.63, 3.8) is 0 Å². The first-order chi connectivity index (χ1) is 19.7. The molecule has 230 valence electrons. The maximum absolute atomic E-state index is 13.8. The Morgan fingerprint density at radius 1 is 0.976 bits per heavy atom. The van der Waals surface area contributed by atoms with Crippen LogP contribution in [0.3, 0.4) is 0 Å². The first kappa shape index (κ1) is 29.9. The van der Waals surface area contributed by atoms with Crippen LogP contribution in [0.25, 0.3) is 0 Å². The van der Waals surface area contributed by atoms with Gasteiger partial charge in [0.15, 0.2) is 5.76 Å². The predicted octanol–water partition coefficient (Wildman–Crippen LogP) is 5.98. The van der Waals surface area contributed by atoms with E-state index in [9.17, 15) is 14.7 Å². The minimum atomic E-state index is -0.347. The van der Waals surface area contributed by atoms with E-state index in [1.807, 2.05) is 6.92 Å². The number of nitrogens with zero attached hydrogens (tertiary/aromatic N) is 2. The van der Waals surface area contributed by atoms with Gasteiger partial charge in [-0.25, -0.2) is 0 Å². The average molecular weight is 576 g/mol. The summed E-state index contributed by atoms with van der Waals surface area (Å²) < 4.78 is 0. The van der Waals surface area contributed by atoms with Crippen molar-refractivity contribution in [2.45, 2.75) is 86.5 Å². The van der Waals surface area contributed by atoms with Gasteiger partial charge in [0.1, 0.15) is 0 Å². The molecule has 6 nitrogen and oxygen atoms in total. The Morgan fingerprint density at radius 3 is 2.38 bits per heavy atom. The summed E-state index contributed by atoms with van der Waals surface area (Å²) in [5.41, 5.74) is 3.96. The number of carbonyl (C=O) groups excluding carboxylic acids is 2. The SMILES string of the molecule is CC1=C(O)C(=O)C=C2C1=CC=C1[C@@]2(C)CC[C@@]2(C)[C@@H]3C[C@](C)(C(=O)NCCN4CCN(C)CC4)CC[C@]3(C)CC[C@]12C. The molecule has 1 saturated heterocycles. The lowest BCUT2D eigenvalue weighted by atomic mass is 9.34. The maximum Gasteiger partial charge on any atom is 0.225 e. The van der Waals surface area contributed by atoms with Gasteiger partial charge < -0.3 is 15.3 Å². The highest BCUT2D eigenvalue weighted by Crippen LogP contribution is 2.75. The van der Waals surface area contributed by atoms with E-state index >= 15 is 0 Å². The van der Waals surface area contributed by atoms with E-state index in [0.717, 1.165) is 88.9 Å². The third-order valence-corrected chi connectivity index (χ3v) is 13.7. The lowest BCUT2D eigenvalue weighted by Crippen LogP contribution is -2.62. The van der Waals surface area contributed by atoms with Crippen molar-refractivity contribution in [3.05, 3.63) is 46.3 Å². The summed E-state index contributed by atoms with van der Waals surface area (Å²) in [4.78, 5) is 31.5. The summed E-state index contributed by atoms with van der Waals surface area (Å²) in [7, 11) is 2.18. The molecule has 0 spiro atoms. The molecule has 2 N–H and O–H groups in total. The van der Waals surface area contributed by atoms with Crippen LogP contribution in [0.1, 0.15) is 86.5 Å². The fraction of sp³-hybridized carbons (Fsp3) is 0.722. The highest BCUT2D eigenvalue weighted by Gasteiger charge is 2.67. The number of nitrogens with one attached hydrogen (secondary N) is 1. The molecule has 6 heteroatoms. The van der Waals surface area contributed by atoms with Gasteiger partial charge in [-0.1, -0.05) is 52.3 Å². The van der Waals surface area contributed by atoms with Crippen LogP contribution in [0.5, 0.6) is 0 Å². The van der Waals surface area contributed by atoms with E-state index in [1.165, 1.54) is 12.0 Å². The van der Waals surface area contributed by atoms with Gasteiger partial charge in [-0.3, -0.25) is 14.5 Å². The Morgan fingerprint density at radius 2 is 1.67 bits per heavy atom. The first-order valence-corrected chi connectivity index (χ1v) is 16.5. The second-order valence-electron chi connectivity index (χ2n) is 16.0. The number of ketones is 1. The Balaban J connectivity index is 1.26. The standard InChI is InChI=1S/C36H53N3O3/c1-24-25-8-9-28-34(4,26(25)22-27(40)30(24)41)13-15-36(6)29-23-33(3,11-10-32(29,2)12-14-35(28,36)5)31(42)37-16-17-39-20-18-38(7)19-21-39/h8-9,22,29,41H,10-21,23H2,1-7H3,(H,37,42)/t29-,32-,33-,34+,35-,36+/m1/s1. The Labute approximate surface area is 253 Å². The van der Waals surface area contributed by atoms with Gasteiger partial charge in [0.25, 0.3) is 0 Å². The van der Waals surface area contributed by atoms with Gasteiger partial charge >= 0.3 is 0 Å². The van der Waals surface area contributed by atoms with Gasteiger partial charge in [0.05, 0.1) is 0 Å². The molecular formula is C36H53N3O3. The molecule has 42 heavy (non-hydrogen) atoms. The molecule has 6 atom stereocenters. The second-order valence-corrected chi connectivity index (χ2v) is 16.0. The molecule has 0 radical (unpaired) electrons. The summed E-state index contributed by atoms with van der Waals surface area (Å²) in [5, 5.41) is 13.8. The lowest BCUT2D eigenvalue weighted by molar-refractivity contribution is -0.169. The van der Waals surface area contributed by atoms with E-state index < -0.39 is 0 Å². The van der Waals surface area contributed by atoms with Crippen molar-refractivity contribution in [1.29, 1.82) is 0 Å². The number of hydrogen-bond donors (Lipinski definition) is 2.